The number of aromatic nitrogens is 2. The topological polar surface area (TPSA) is 46.9 Å². The highest BCUT2D eigenvalue weighted by molar-refractivity contribution is 5.78. The normalized spacial score (nSPS) is 11.9. The molecule has 0 bridgehead atoms. The summed E-state index contributed by atoms with van der Waals surface area (Å²) >= 11 is 0. The van der Waals surface area contributed by atoms with Gasteiger partial charge in [0.25, 0.3) is 0 Å². The van der Waals surface area contributed by atoms with Crippen LogP contribution in [0.2, 0.25) is 0 Å². The summed E-state index contributed by atoms with van der Waals surface area (Å²) in [6.45, 7) is 1.99. The first-order valence-electron chi connectivity index (χ1n) is 7.65. The van der Waals surface area contributed by atoms with Gasteiger partial charge in [-0.1, -0.05) is 48.5 Å². The number of nitrogens with zero attached hydrogens (tertiary/aromatic N) is 2. The summed E-state index contributed by atoms with van der Waals surface area (Å²) in [7, 11) is 0. The van der Waals surface area contributed by atoms with E-state index in [-0.39, 0.29) is 11.9 Å². The van der Waals surface area contributed by atoms with Crippen LogP contribution in [-0.2, 0) is 11.2 Å². The lowest BCUT2D eigenvalue weighted by Crippen LogP contribution is -2.27. The molecule has 116 valence electrons. The molecular weight excluding hydrogens is 286 g/mol. The van der Waals surface area contributed by atoms with E-state index >= 15 is 0 Å². The van der Waals surface area contributed by atoms with Crippen molar-refractivity contribution in [2.45, 2.75) is 19.4 Å². The Labute approximate surface area is 135 Å². The molecule has 0 spiro atoms. The van der Waals surface area contributed by atoms with Gasteiger partial charge in [-0.25, -0.2) is 4.68 Å². The van der Waals surface area contributed by atoms with Crippen LogP contribution in [0, 0.1) is 0 Å². The van der Waals surface area contributed by atoms with Crippen molar-refractivity contribution in [3.63, 3.8) is 0 Å². The highest BCUT2D eigenvalue weighted by atomic mass is 16.1. The van der Waals surface area contributed by atoms with Crippen LogP contribution >= 0.6 is 0 Å². The summed E-state index contributed by atoms with van der Waals surface area (Å²) in [4.78, 5) is 12.2. The second kappa shape index (κ2) is 6.92. The molecule has 1 heterocycles. The molecule has 0 fully saturated rings. The lowest BCUT2D eigenvalue weighted by atomic mass is 10.1. The first-order chi connectivity index (χ1) is 11.2. The molecule has 3 aromatic rings. The van der Waals surface area contributed by atoms with Crippen LogP contribution < -0.4 is 5.32 Å². The molecule has 4 heteroatoms. The maximum Gasteiger partial charge on any atom is 0.225 e. The van der Waals surface area contributed by atoms with Gasteiger partial charge in [0.2, 0.25) is 5.91 Å². The SMILES string of the molecule is C[C@@H](NC(=O)Cc1cnn(-c2ccccc2)c1)c1ccccc1. The third-order valence-corrected chi connectivity index (χ3v) is 3.70. The minimum Gasteiger partial charge on any atom is -0.349 e. The molecule has 0 radical (unpaired) electrons. The van der Waals surface area contributed by atoms with Crippen LogP contribution in [0.5, 0.6) is 0 Å². The summed E-state index contributed by atoms with van der Waals surface area (Å²) < 4.78 is 1.78. The number of benzene rings is 2. The Morgan fingerprint density at radius 2 is 1.74 bits per heavy atom. The van der Waals surface area contributed by atoms with Gasteiger partial charge in [0, 0.05) is 6.20 Å². The van der Waals surface area contributed by atoms with Crippen molar-refractivity contribution < 1.29 is 4.79 Å². The van der Waals surface area contributed by atoms with Crippen LogP contribution in [0.15, 0.2) is 73.1 Å². The molecule has 1 atom stereocenters. The average Bonchev–Trinajstić information content (AvgIpc) is 3.04. The lowest BCUT2D eigenvalue weighted by molar-refractivity contribution is -0.121. The number of rotatable bonds is 5. The van der Waals surface area contributed by atoms with Crippen molar-refractivity contribution in [2.75, 3.05) is 0 Å². The summed E-state index contributed by atoms with van der Waals surface area (Å²) in [6, 6.07) is 19.8. The molecule has 1 N–H and O–H groups in total. The van der Waals surface area contributed by atoms with Gasteiger partial charge < -0.3 is 5.32 Å². The second-order valence-electron chi connectivity index (χ2n) is 5.51. The van der Waals surface area contributed by atoms with Crippen LogP contribution in [-0.4, -0.2) is 15.7 Å². The van der Waals surface area contributed by atoms with E-state index in [1.54, 1.807) is 10.9 Å². The predicted molar refractivity (Wildman–Crippen MR) is 90.3 cm³/mol. The summed E-state index contributed by atoms with van der Waals surface area (Å²) in [5.41, 5.74) is 2.98. The lowest BCUT2D eigenvalue weighted by Gasteiger charge is -2.13. The molecule has 0 unspecified atom stereocenters. The number of hydrogen-bond acceptors (Lipinski definition) is 2. The number of amides is 1. The molecule has 2 aromatic carbocycles. The van der Waals surface area contributed by atoms with Gasteiger partial charge in [-0.15, -0.1) is 0 Å². The molecule has 0 aliphatic heterocycles. The van der Waals surface area contributed by atoms with E-state index in [1.165, 1.54) is 0 Å². The van der Waals surface area contributed by atoms with Gasteiger partial charge >= 0.3 is 0 Å². The highest BCUT2D eigenvalue weighted by Gasteiger charge is 2.11. The van der Waals surface area contributed by atoms with Gasteiger partial charge in [-0.2, -0.15) is 5.10 Å². The first-order valence-corrected chi connectivity index (χ1v) is 7.65. The number of carbonyl (C=O) groups is 1. The molecule has 1 aromatic heterocycles. The van der Waals surface area contributed by atoms with E-state index in [0.717, 1.165) is 16.8 Å². The van der Waals surface area contributed by atoms with E-state index in [2.05, 4.69) is 10.4 Å². The van der Waals surface area contributed by atoms with Crippen molar-refractivity contribution in [3.8, 4) is 5.69 Å². The Hall–Kier alpha value is -2.88. The van der Waals surface area contributed by atoms with Gasteiger partial charge in [-0.05, 0) is 30.2 Å². The van der Waals surface area contributed by atoms with Crippen LogP contribution in [0.3, 0.4) is 0 Å². The molecule has 0 aliphatic carbocycles. The largest absolute Gasteiger partial charge is 0.349 e. The van der Waals surface area contributed by atoms with E-state index in [0.29, 0.717) is 6.42 Å². The number of para-hydroxylation sites is 1. The highest BCUT2D eigenvalue weighted by Crippen LogP contribution is 2.12. The van der Waals surface area contributed by atoms with Crippen molar-refractivity contribution in [1.82, 2.24) is 15.1 Å². The second-order valence-corrected chi connectivity index (χ2v) is 5.51. The van der Waals surface area contributed by atoms with Crippen LogP contribution in [0.25, 0.3) is 5.69 Å². The maximum absolute atomic E-state index is 12.2. The smallest absolute Gasteiger partial charge is 0.225 e. The summed E-state index contributed by atoms with van der Waals surface area (Å²) in [5.74, 6) is -0.00559. The zero-order valence-electron chi connectivity index (χ0n) is 13.0. The molecule has 0 saturated carbocycles. The Kier molecular flexibility index (Phi) is 4.52. The van der Waals surface area contributed by atoms with Crippen LogP contribution in [0.1, 0.15) is 24.1 Å². The van der Waals surface area contributed by atoms with Crippen molar-refractivity contribution >= 4 is 5.91 Å². The van der Waals surface area contributed by atoms with Gasteiger partial charge in [0.1, 0.15) is 0 Å². The van der Waals surface area contributed by atoms with E-state index < -0.39 is 0 Å². The maximum atomic E-state index is 12.2. The zero-order valence-corrected chi connectivity index (χ0v) is 13.0. The van der Waals surface area contributed by atoms with Crippen molar-refractivity contribution in [2.24, 2.45) is 0 Å². The minimum atomic E-state index is -0.00660. The van der Waals surface area contributed by atoms with Gasteiger partial charge in [0.05, 0.1) is 24.3 Å². The monoisotopic (exact) mass is 305 g/mol. The fourth-order valence-electron chi connectivity index (χ4n) is 2.48. The van der Waals surface area contributed by atoms with E-state index in [1.807, 2.05) is 73.8 Å². The van der Waals surface area contributed by atoms with E-state index in [9.17, 15) is 4.79 Å². The molecule has 0 aliphatic rings. The third kappa shape index (κ3) is 3.86. The Morgan fingerprint density at radius 3 is 2.43 bits per heavy atom. The van der Waals surface area contributed by atoms with Crippen molar-refractivity contribution in [3.05, 3.63) is 84.2 Å². The number of hydrogen-bond donors (Lipinski definition) is 1. The minimum absolute atomic E-state index is 0.00559. The van der Waals surface area contributed by atoms with Crippen LogP contribution in [0.4, 0.5) is 0 Å². The standard InChI is InChI=1S/C19H19N3O/c1-15(17-8-4-2-5-9-17)21-19(23)12-16-13-20-22(14-16)18-10-6-3-7-11-18/h2-11,13-15H,12H2,1H3,(H,21,23)/t15-/m1/s1. The Morgan fingerprint density at radius 1 is 1.09 bits per heavy atom. The molecule has 4 nitrogen and oxygen atoms in total. The van der Waals surface area contributed by atoms with E-state index in [4.69, 9.17) is 0 Å². The average molecular weight is 305 g/mol. The quantitative estimate of drug-likeness (QED) is 0.786. The van der Waals surface area contributed by atoms with Gasteiger partial charge in [0.15, 0.2) is 0 Å². The zero-order chi connectivity index (χ0) is 16.1. The fourth-order valence-corrected chi connectivity index (χ4v) is 2.48. The summed E-state index contributed by atoms with van der Waals surface area (Å²) in [6.07, 6.45) is 3.95. The Balaban J connectivity index is 1.61. The summed E-state index contributed by atoms with van der Waals surface area (Å²) in [5, 5.41) is 7.33. The first kappa shape index (κ1) is 15.0. The number of nitrogens with one attached hydrogen (secondary N) is 1. The molecule has 1 amide bonds. The predicted octanol–water partition coefficient (Wildman–Crippen LogP) is 3.29. The molecule has 23 heavy (non-hydrogen) atoms. The molecular formula is C19H19N3O. The van der Waals surface area contributed by atoms with Gasteiger partial charge in [-0.3, -0.25) is 4.79 Å². The fraction of sp³-hybridized carbons (Fsp3) is 0.158. The molecule has 3 rings (SSSR count). The third-order valence-electron chi connectivity index (χ3n) is 3.70. The van der Waals surface area contributed by atoms with Crippen molar-refractivity contribution in [1.29, 1.82) is 0 Å². The number of carbonyl (C=O) groups excluding carboxylic acids is 1. The molecule has 0 saturated heterocycles. The Bertz CT molecular complexity index is 766.